The van der Waals surface area contributed by atoms with Crippen molar-refractivity contribution in [2.45, 2.75) is 44.3 Å². The molecule has 1 aliphatic heterocycles. The average Bonchev–Trinajstić information content (AvgIpc) is 3.36. The van der Waals surface area contributed by atoms with E-state index in [0.29, 0.717) is 6.42 Å². The third kappa shape index (κ3) is 2.72. The zero-order valence-corrected chi connectivity index (χ0v) is 16.4. The van der Waals surface area contributed by atoms with Crippen LogP contribution in [0.15, 0.2) is 29.9 Å². The first-order chi connectivity index (χ1) is 13.0. The van der Waals surface area contributed by atoms with Gasteiger partial charge in [-0.2, -0.15) is 4.98 Å². The number of hydrogen-bond acceptors (Lipinski definition) is 6. The Morgan fingerprint density at radius 3 is 2.93 bits per heavy atom. The Morgan fingerprint density at radius 2 is 2.19 bits per heavy atom. The minimum atomic E-state index is -0.707. The second-order valence-corrected chi connectivity index (χ2v) is 8.76. The Kier molecular flexibility index (Phi) is 3.91. The van der Waals surface area contributed by atoms with E-state index in [0.717, 1.165) is 27.8 Å². The van der Waals surface area contributed by atoms with Gasteiger partial charge in [-0.05, 0) is 43.3 Å². The van der Waals surface area contributed by atoms with Gasteiger partial charge in [-0.25, -0.2) is 4.98 Å². The van der Waals surface area contributed by atoms with E-state index in [-0.39, 0.29) is 29.5 Å². The van der Waals surface area contributed by atoms with Gasteiger partial charge in [-0.1, -0.05) is 6.07 Å². The molecule has 0 bridgehead atoms. The molecule has 4 atom stereocenters. The van der Waals surface area contributed by atoms with Gasteiger partial charge in [0.15, 0.2) is 5.79 Å². The van der Waals surface area contributed by atoms with Crippen molar-refractivity contribution in [3.63, 3.8) is 0 Å². The van der Waals surface area contributed by atoms with Gasteiger partial charge < -0.3 is 18.8 Å². The SMILES string of the molecule is CC1(C)O[C@@H]2[C@H](O1)C(C=O)C[C@H]2n1cc(-c2cccs2)c2cnc(Cl)nc21. The summed E-state index contributed by atoms with van der Waals surface area (Å²) in [5.41, 5.74) is 1.81. The van der Waals surface area contributed by atoms with E-state index < -0.39 is 5.79 Å². The van der Waals surface area contributed by atoms with Crippen LogP contribution in [0.3, 0.4) is 0 Å². The highest BCUT2D eigenvalue weighted by molar-refractivity contribution is 7.13. The van der Waals surface area contributed by atoms with Crippen molar-refractivity contribution >= 4 is 40.3 Å². The zero-order valence-electron chi connectivity index (χ0n) is 14.8. The maximum Gasteiger partial charge on any atom is 0.224 e. The van der Waals surface area contributed by atoms with Crippen LogP contribution in [0.1, 0.15) is 26.3 Å². The summed E-state index contributed by atoms with van der Waals surface area (Å²) in [5, 5.41) is 3.18. The van der Waals surface area contributed by atoms with Crippen LogP contribution in [0.4, 0.5) is 0 Å². The summed E-state index contributed by atoms with van der Waals surface area (Å²) in [6.45, 7) is 3.77. The average molecular weight is 404 g/mol. The fourth-order valence-electron chi connectivity index (χ4n) is 4.29. The predicted octanol–water partition coefficient (Wildman–Crippen LogP) is 4.09. The van der Waals surface area contributed by atoms with Crippen LogP contribution in [0, 0.1) is 5.92 Å². The molecule has 2 aliphatic rings. The smallest absolute Gasteiger partial charge is 0.224 e. The van der Waals surface area contributed by atoms with E-state index in [9.17, 15) is 4.79 Å². The number of carbonyl (C=O) groups is 1. The summed E-state index contributed by atoms with van der Waals surface area (Å²) >= 11 is 7.76. The van der Waals surface area contributed by atoms with E-state index in [1.54, 1.807) is 17.5 Å². The summed E-state index contributed by atoms with van der Waals surface area (Å²) in [6.07, 6.45) is 5.00. The molecule has 1 saturated heterocycles. The summed E-state index contributed by atoms with van der Waals surface area (Å²) in [5.74, 6) is -0.914. The van der Waals surface area contributed by atoms with Crippen molar-refractivity contribution in [3.8, 4) is 10.4 Å². The van der Waals surface area contributed by atoms with E-state index in [1.165, 1.54) is 0 Å². The molecule has 0 N–H and O–H groups in total. The van der Waals surface area contributed by atoms with Gasteiger partial charge in [-0.3, -0.25) is 0 Å². The minimum Gasteiger partial charge on any atom is -0.344 e. The number of aromatic nitrogens is 3. The molecule has 27 heavy (non-hydrogen) atoms. The fourth-order valence-corrected chi connectivity index (χ4v) is 5.17. The van der Waals surface area contributed by atoms with Crippen LogP contribution < -0.4 is 0 Å². The van der Waals surface area contributed by atoms with E-state index >= 15 is 0 Å². The number of ether oxygens (including phenoxy) is 2. The molecule has 3 aromatic heterocycles. The molecule has 6 nitrogen and oxygen atoms in total. The summed E-state index contributed by atoms with van der Waals surface area (Å²) in [7, 11) is 0. The first-order valence-corrected chi connectivity index (χ1v) is 10.1. The van der Waals surface area contributed by atoms with E-state index in [4.69, 9.17) is 21.1 Å². The lowest BCUT2D eigenvalue weighted by atomic mass is 10.1. The third-order valence-electron chi connectivity index (χ3n) is 5.34. The first-order valence-electron chi connectivity index (χ1n) is 8.85. The lowest BCUT2D eigenvalue weighted by Crippen LogP contribution is -2.27. The third-order valence-corrected chi connectivity index (χ3v) is 6.42. The molecule has 1 aliphatic carbocycles. The van der Waals surface area contributed by atoms with Crippen LogP contribution in [0.5, 0.6) is 0 Å². The van der Waals surface area contributed by atoms with Crippen molar-refractivity contribution in [2.75, 3.05) is 0 Å². The number of nitrogens with zero attached hydrogens (tertiary/aromatic N) is 3. The molecule has 1 unspecified atom stereocenters. The molecular weight excluding hydrogens is 386 g/mol. The highest BCUT2D eigenvalue weighted by atomic mass is 35.5. The number of rotatable bonds is 3. The van der Waals surface area contributed by atoms with Crippen molar-refractivity contribution < 1.29 is 14.3 Å². The van der Waals surface area contributed by atoms with Gasteiger partial charge in [0.25, 0.3) is 0 Å². The fraction of sp³-hybridized carbons (Fsp3) is 0.421. The van der Waals surface area contributed by atoms with Crippen LogP contribution >= 0.6 is 22.9 Å². The molecule has 0 radical (unpaired) electrons. The zero-order chi connectivity index (χ0) is 18.8. The van der Waals surface area contributed by atoms with Gasteiger partial charge in [0.1, 0.15) is 18.0 Å². The Labute approximate surface area is 165 Å². The standard InChI is InChI=1S/C19H18ClN3O3S/c1-19(2)25-15-10(9-24)6-13(16(15)26-19)23-8-12(14-4-3-5-27-14)11-7-21-18(20)22-17(11)23/h3-5,7-10,13,15-16H,6H2,1-2H3/t10?,13-,15-,16+/m1/s1. The molecule has 1 saturated carbocycles. The van der Waals surface area contributed by atoms with Crippen LogP contribution in [-0.4, -0.2) is 38.8 Å². The highest BCUT2D eigenvalue weighted by Gasteiger charge is 2.54. The lowest BCUT2D eigenvalue weighted by Gasteiger charge is -2.23. The van der Waals surface area contributed by atoms with Crippen molar-refractivity contribution in [1.82, 2.24) is 14.5 Å². The monoisotopic (exact) mass is 403 g/mol. The van der Waals surface area contributed by atoms with Gasteiger partial charge in [0, 0.05) is 34.1 Å². The van der Waals surface area contributed by atoms with Crippen molar-refractivity contribution in [2.24, 2.45) is 5.92 Å². The van der Waals surface area contributed by atoms with Gasteiger partial charge in [-0.15, -0.1) is 11.3 Å². The molecular formula is C19H18ClN3O3S. The highest BCUT2D eigenvalue weighted by Crippen LogP contribution is 2.48. The van der Waals surface area contributed by atoms with E-state index in [1.807, 2.05) is 25.3 Å². The molecule has 0 amide bonds. The number of hydrogen-bond donors (Lipinski definition) is 0. The van der Waals surface area contributed by atoms with Gasteiger partial charge in [0.2, 0.25) is 5.28 Å². The quantitative estimate of drug-likeness (QED) is 0.486. The number of fused-ring (bicyclic) bond motifs is 2. The molecule has 8 heteroatoms. The lowest BCUT2D eigenvalue weighted by molar-refractivity contribution is -0.160. The molecule has 4 heterocycles. The number of halogens is 1. The van der Waals surface area contributed by atoms with Crippen LogP contribution in [0.25, 0.3) is 21.5 Å². The topological polar surface area (TPSA) is 66.2 Å². The Hall–Kier alpha value is -1.80. The van der Waals surface area contributed by atoms with Gasteiger partial charge in [0.05, 0.1) is 12.1 Å². The Balaban J connectivity index is 1.67. The number of carbonyl (C=O) groups excluding carboxylic acids is 1. The summed E-state index contributed by atoms with van der Waals surface area (Å²) < 4.78 is 14.3. The van der Waals surface area contributed by atoms with E-state index in [2.05, 4.69) is 26.8 Å². The van der Waals surface area contributed by atoms with Crippen LogP contribution in [-0.2, 0) is 14.3 Å². The maximum absolute atomic E-state index is 11.7. The predicted molar refractivity (Wildman–Crippen MR) is 103 cm³/mol. The van der Waals surface area contributed by atoms with Crippen LogP contribution in [0.2, 0.25) is 5.28 Å². The molecule has 3 aromatic rings. The second-order valence-electron chi connectivity index (χ2n) is 7.47. The molecule has 0 aromatic carbocycles. The number of thiophene rings is 1. The van der Waals surface area contributed by atoms with Crippen molar-refractivity contribution in [1.29, 1.82) is 0 Å². The molecule has 0 spiro atoms. The Morgan fingerprint density at radius 1 is 1.37 bits per heavy atom. The van der Waals surface area contributed by atoms with Crippen molar-refractivity contribution in [3.05, 3.63) is 35.2 Å². The molecule has 5 rings (SSSR count). The first kappa shape index (κ1) is 17.3. The molecule has 140 valence electrons. The minimum absolute atomic E-state index is 0.0610. The maximum atomic E-state index is 11.7. The van der Waals surface area contributed by atoms with Gasteiger partial charge >= 0.3 is 0 Å². The summed E-state index contributed by atoms with van der Waals surface area (Å²) in [4.78, 5) is 21.5. The normalized spacial score (nSPS) is 29.3. The largest absolute Gasteiger partial charge is 0.344 e. The molecule has 2 fully saturated rings. The Bertz CT molecular complexity index is 1020. The summed E-state index contributed by atoms with van der Waals surface area (Å²) in [6, 6.07) is 4.03. The number of aldehydes is 1. The second kappa shape index (κ2) is 6.10.